The number of pyridine rings is 1. The first kappa shape index (κ1) is 5.22. The number of H-pyrrole nitrogens is 1. The fourth-order valence-corrected chi connectivity index (χ4v) is 0.835. The molecule has 2 rings (SSSR count). The van der Waals surface area contributed by atoms with Crippen molar-refractivity contribution in [3.05, 3.63) is 34.9 Å². The molecule has 50 valence electrons. The Hall–Kier alpha value is -1.58. The molecular formula is C6H5N3O. The standard InChI is InChI=1S/C6H5N3O/c10-5-1-2-9-6(3-5)7-4-8-9/h1-4H,(H,7,8). The average Bonchev–Trinajstić information content (AvgIpc) is 2.33. The second-order valence-electron chi connectivity index (χ2n) is 1.98. The van der Waals surface area contributed by atoms with Crippen LogP contribution in [0.1, 0.15) is 0 Å². The summed E-state index contributed by atoms with van der Waals surface area (Å²) in [5.74, 6) is 0. The van der Waals surface area contributed by atoms with E-state index in [-0.39, 0.29) is 5.43 Å². The van der Waals surface area contributed by atoms with E-state index in [0.29, 0.717) is 5.65 Å². The molecule has 2 heterocycles. The molecule has 4 heteroatoms. The van der Waals surface area contributed by atoms with Crippen LogP contribution in [0, 0.1) is 0 Å². The van der Waals surface area contributed by atoms with Crippen molar-refractivity contribution in [3.8, 4) is 0 Å². The maximum atomic E-state index is 10.7. The Labute approximate surface area is 56.1 Å². The molecule has 2 aromatic rings. The molecule has 4 nitrogen and oxygen atoms in total. The summed E-state index contributed by atoms with van der Waals surface area (Å²) < 4.78 is 1.67. The van der Waals surface area contributed by atoms with E-state index in [9.17, 15) is 4.79 Å². The van der Waals surface area contributed by atoms with Crippen molar-refractivity contribution in [3.63, 3.8) is 0 Å². The van der Waals surface area contributed by atoms with E-state index < -0.39 is 0 Å². The molecule has 2 aromatic heterocycles. The zero-order chi connectivity index (χ0) is 6.97. The summed E-state index contributed by atoms with van der Waals surface area (Å²) in [6, 6.07) is 2.95. The van der Waals surface area contributed by atoms with E-state index in [4.69, 9.17) is 0 Å². The molecule has 0 fully saturated rings. The van der Waals surface area contributed by atoms with Gasteiger partial charge in [0.05, 0.1) is 0 Å². The summed E-state index contributed by atoms with van der Waals surface area (Å²) in [6.07, 6.45) is 3.18. The molecule has 0 saturated carbocycles. The molecule has 0 aromatic carbocycles. The van der Waals surface area contributed by atoms with Crippen molar-refractivity contribution in [2.24, 2.45) is 0 Å². The molecule has 0 amide bonds. The molecule has 1 N–H and O–H groups in total. The number of nitrogens with zero attached hydrogens (tertiary/aromatic N) is 2. The van der Waals surface area contributed by atoms with Crippen molar-refractivity contribution in [2.45, 2.75) is 0 Å². The van der Waals surface area contributed by atoms with Crippen molar-refractivity contribution in [1.82, 2.24) is 14.6 Å². The Balaban J connectivity index is 2.99. The van der Waals surface area contributed by atoms with Gasteiger partial charge in [0.2, 0.25) is 0 Å². The van der Waals surface area contributed by atoms with Crippen molar-refractivity contribution >= 4 is 5.65 Å². The van der Waals surface area contributed by atoms with E-state index in [1.54, 1.807) is 10.7 Å². The molecule has 0 radical (unpaired) electrons. The minimum absolute atomic E-state index is 0.0212. The van der Waals surface area contributed by atoms with Gasteiger partial charge in [-0.05, 0) is 0 Å². The lowest BCUT2D eigenvalue weighted by molar-refractivity contribution is 0.958. The molecule has 0 unspecified atom stereocenters. The van der Waals surface area contributed by atoms with E-state index in [0.717, 1.165) is 0 Å². The second-order valence-corrected chi connectivity index (χ2v) is 1.98. The number of aromatic nitrogens is 3. The monoisotopic (exact) mass is 135 g/mol. The van der Waals surface area contributed by atoms with Gasteiger partial charge in [-0.3, -0.25) is 9.89 Å². The Morgan fingerprint density at radius 1 is 1.60 bits per heavy atom. The number of aromatic amines is 1. The quantitative estimate of drug-likeness (QED) is 0.553. The zero-order valence-electron chi connectivity index (χ0n) is 5.11. The first-order valence-electron chi connectivity index (χ1n) is 2.88. The Morgan fingerprint density at radius 2 is 2.50 bits per heavy atom. The molecule has 0 saturated heterocycles. The summed E-state index contributed by atoms with van der Waals surface area (Å²) in [5, 5.41) is 2.81. The second kappa shape index (κ2) is 1.70. The molecule has 0 spiro atoms. The van der Waals surface area contributed by atoms with Crippen LogP contribution in [-0.4, -0.2) is 14.6 Å². The average molecular weight is 135 g/mol. The number of rotatable bonds is 0. The van der Waals surface area contributed by atoms with Gasteiger partial charge < -0.3 is 0 Å². The SMILES string of the molecule is O=c1ccn2[nH]cnc2c1. The lowest BCUT2D eigenvalue weighted by Gasteiger charge is -1.86. The van der Waals surface area contributed by atoms with E-state index in [1.807, 2.05) is 0 Å². The molecule has 0 aliphatic heterocycles. The van der Waals surface area contributed by atoms with Gasteiger partial charge in [-0.2, -0.15) is 0 Å². The highest BCUT2D eigenvalue weighted by atomic mass is 16.1. The van der Waals surface area contributed by atoms with E-state index >= 15 is 0 Å². The smallest absolute Gasteiger partial charge is 0.183 e. The van der Waals surface area contributed by atoms with Gasteiger partial charge in [0.25, 0.3) is 0 Å². The largest absolute Gasteiger partial charge is 0.290 e. The predicted octanol–water partition coefficient (Wildman–Crippen LogP) is 0.0226. The normalized spacial score (nSPS) is 10.4. The highest BCUT2D eigenvalue weighted by Crippen LogP contribution is 1.89. The van der Waals surface area contributed by atoms with Crippen LogP contribution in [0.25, 0.3) is 5.65 Å². The Bertz CT molecular complexity index is 400. The Morgan fingerprint density at radius 3 is 3.40 bits per heavy atom. The lowest BCUT2D eigenvalue weighted by Crippen LogP contribution is -1.98. The fourth-order valence-electron chi connectivity index (χ4n) is 0.835. The van der Waals surface area contributed by atoms with Gasteiger partial charge >= 0.3 is 0 Å². The molecule has 10 heavy (non-hydrogen) atoms. The van der Waals surface area contributed by atoms with Crippen LogP contribution >= 0.6 is 0 Å². The van der Waals surface area contributed by atoms with Gasteiger partial charge in [0.1, 0.15) is 6.33 Å². The van der Waals surface area contributed by atoms with Crippen molar-refractivity contribution < 1.29 is 0 Å². The van der Waals surface area contributed by atoms with Gasteiger partial charge in [-0.15, -0.1) is 0 Å². The first-order chi connectivity index (χ1) is 4.86. The fraction of sp³-hybridized carbons (Fsp3) is 0. The van der Waals surface area contributed by atoms with Crippen LogP contribution < -0.4 is 5.43 Å². The zero-order valence-corrected chi connectivity index (χ0v) is 5.11. The van der Waals surface area contributed by atoms with Gasteiger partial charge in [0, 0.05) is 18.3 Å². The summed E-state index contributed by atoms with van der Waals surface area (Å²) in [7, 11) is 0. The number of fused-ring (bicyclic) bond motifs is 1. The highest BCUT2D eigenvalue weighted by molar-refractivity contribution is 5.34. The predicted molar refractivity (Wildman–Crippen MR) is 35.8 cm³/mol. The minimum Gasteiger partial charge on any atom is -0.290 e. The maximum Gasteiger partial charge on any atom is 0.183 e. The summed E-state index contributed by atoms with van der Waals surface area (Å²) >= 11 is 0. The van der Waals surface area contributed by atoms with Crippen LogP contribution in [0.3, 0.4) is 0 Å². The number of hydrogen-bond acceptors (Lipinski definition) is 2. The summed E-state index contributed by atoms with van der Waals surface area (Å²) in [5.41, 5.74) is 0.625. The lowest BCUT2D eigenvalue weighted by atomic mass is 10.5. The third-order valence-electron chi connectivity index (χ3n) is 1.30. The first-order valence-corrected chi connectivity index (χ1v) is 2.88. The molecule has 0 aliphatic carbocycles. The highest BCUT2D eigenvalue weighted by Gasteiger charge is 1.90. The van der Waals surface area contributed by atoms with E-state index in [2.05, 4.69) is 10.1 Å². The van der Waals surface area contributed by atoms with E-state index in [1.165, 1.54) is 18.5 Å². The molecule has 0 bridgehead atoms. The van der Waals surface area contributed by atoms with Gasteiger partial charge in [-0.1, -0.05) is 0 Å². The minimum atomic E-state index is -0.0212. The number of nitrogens with one attached hydrogen (secondary N) is 1. The third kappa shape index (κ3) is 0.621. The van der Waals surface area contributed by atoms with Crippen LogP contribution in [-0.2, 0) is 0 Å². The third-order valence-corrected chi connectivity index (χ3v) is 1.30. The van der Waals surface area contributed by atoms with Crippen LogP contribution in [0.4, 0.5) is 0 Å². The van der Waals surface area contributed by atoms with Crippen LogP contribution in [0.5, 0.6) is 0 Å². The molecular weight excluding hydrogens is 130 g/mol. The van der Waals surface area contributed by atoms with Crippen molar-refractivity contribution in [1.29, 1.82) is 0 Å². The summed E-state index contributed by atoms with van der Waals surface area (Å²) in [6.45, 7) is 0. The van der Waals surface area contributed by atoms with Gasteiger partial charge in [-0.25, -0.2) is 9.50 Å². The Kier molecular flexibility index (Phi) is 0.887. The summed E-state index contributed by atoms with van der Waals surface area (Å²) in [4.78, 5) is 14.6. The van der Waals surface area contributed by atoms with Gasteiger partial charge in [0.15, 0.2) is 11.1 Å². The molecule has 0 atom stereocenters. The van der Waals surface area contributed by atoms with Crippen LogP contribution in [0.15, 0.2) is 29.5 Å². The number of hydrogen-bond donors (Lipinski definition) is 1. The topological polar surface area (TPSA) is 50.2 Å². The van der Waals surface area contributed by atoms with Crippen LogP contribution in [0.2, 0.25) is 0 Å². The molecule has 0 aliphatic rings. The van der Waals surface area contributed by atoms with Crippen molar-refractivity contribution in [2.75, 3.05) is 0 Å². The maximum absolute atomic E-state index is 10.7.